The molecule has 0 bridgehead atoms. The zero-order valence-electron chi connectivity index (χ0n) is 18.0. The fourth-order valence-corrected chi connectivity index (χ4v) is 4.43. The van der Waals surface area contributed by atoms with Gasteiger partial charge in [-0.15, -0.1) is 11.8 Å². The van der Waals surface area contributed by atoms with Crippen LogP contribution in [0.15, 0.2) is 36.5 Å². The molecule has 6 atom stereocenters. The summed E-state index contributed by atoms with van der Waals surface area (Å²) in [6.07, 6.45) is 15.3. The average molecular weight is 401 g/mol. The summed E-state index contributed by atoms with van der Waals surface area (Å²) in [5.74, 6) is 7.00. The smallest absolute Gasteiger partial charge is 0.306 e. The second-order valence-corrected chi connectivity index (χ2v) is 8.25. The molecule has 160 valence electrons. The molecule has 0 aromatic carbocycles. The average Bonchev–Trinajstić information content (AvgIpc) is 3.23. The number of aliphatic hydroxyl groups excluding tert-OH is 1. The van der Waals surface area contributed by atoms with E-state index in [0.29, 0.717) is 37.7 Å². The molecular formula is C25H36O4. The summed E-state index contributed by atoms with van der Waals surface area (Å²) >= 11 is 0. The molecule has 1 saturated carbocycles. The van der Waals surface area contributed by atoms with Crippen molar-refractivity contribution in [3.63, 3.8) is 0 Å². The SMILES string of the molecule is CCC#CC(C)C[C@](O)(C=CCCC(=O)OCC)/C=C\[C@H]1[C@H]2CC=C[C@@H]2C[C@H]1O. The van der Waals surface area contributed by atoms with Crippen LogP contribution >= 0.6 is 0 Å². The van der Waals surface area contributed by atoms with Crippen molar-refractivity contribution < 1.29 is 19.7 Å². The third-order valence-electron chi connectivity index (χ3n) is 5.79. The van der Waals surface area contributed by atoms with Crippen LogP contribution in [0.1, 0.15) is 59.3 Å². The summed E-state index contributed by atoms with van der Waals surface area (Å²) in [5.41, 5.74) is -1.15. The van der Waals surface area contributed by atoms with Gasteiger partial charge in [0.15, 0.2) is 0 Å². The van der Waals surface area contributed by atoms with Gasteiger partial charge >= 0.3 is 5.97 Å². The van der Waals surface area contributed by atoms with Gasteiger partial charge in [-0.05, 0) is 44.4 Å². The number of aliphatic hydroxyl groups is 2. The van der Waals surface area contributed by atoms with Crippen LogP contribution in [0.4, 0.5) is 0 Å². The zero-order chi connectivity index (χ0) is 21.3. The first kappa shape index (κ1) is 23.4. The number of carbonyl (C=O) groups is 1. The highest BCUT2D eigenvalue weighted by Crippen LogP contribution is 2.45. The second kappa shape index (κ2) is 11.4. The van der Waals surface area contributed by atoms with Crippen molar-refractivity contribution in [3.05, 3.63) is 36.5 Å². The van der Waals surface area contributed by atoms with Crippen molar-refractivity contribution in [2.24, 2.45) is 23.7 Å². The predicted molar refractivity (Wildman–Crippen MR) is 116 cm³/mol. The van der Waals surface area contributed by atoms with E-state index < -0.39 is 5.60 Å². The van der Waals surface area contributed by atoms with Crippen LogP contribution in [0, 0.1) is 35.5 Å². The van der Waals surface area contributed by atoms with E-state index in [2.05, 4.69) is 24.0 Å². The summed E-state index contributed by atoms with van der Waals surface area (Å²) in [6.45, 7) is 6.19. The molecule has 1 fully saturated rings. The summed E-state index contributed by atoms with van der Waals surface area (Å²) in [7, 11) is 0. The minimum atomic E-state index is -1.15. The molecule has 2 rings (SSSR count). The van der Waals surface area contributed by atoms with Crippen LogP contribution in [0.2, 0.25) is 0 Å². The molecule has 0 saturated heterocycles. The first-order valence-electron chi connectivity index (χ1n) is 11.0. The van der Waals surface area contributed by atoms with Crippen molar-refractivity contribution in [2.45, 2.75) is 71.0 Å². The quantitative estimate of drug-likeness (QED) is 0.346. The Bertz CT molecular complexity index is 681. The fraction of sp³-hybridized carbons (Fsp3) is 0.640. The first-order valence-corrected chi connectivity index (χ1v) is 11.0. The van der Waals surface area contributed by atoms with E-state index >= 15 is 0 Å². The molecule has 4 nitrogen and oxygen atoms in total. The molecule has 0 aromatic heterocycles. The van der Waals surface area contributed by atoms with Crippen LogP contribution in [0.25, 0.3) is 0 Å². The number of hydrogen-bond donors (Lipinski definition) is 2. The van der Waals surface area contributed by atoms with Crippen molar-refractivity contribution in [1.29, 1.82) is 0 Å². The molecule has 0 aliphatic heterocycles. The molecule has 0 heterocycles. The van der Waals surface area contributed by atoms with Gasteiger partial charge < -0.3 is 14.9 Å². The zero-order valence-corrected chi connectivity index (χ0v) is 18.0. The Morgan fingerprint density at radius 1 is 1.38 bits per heavy atom. The number of rotatable bonds is 9. The molecule has 0 spiro atoms. The lowest BCUT2D eigenvalue weighted by atomic mass is 9.86. The van der Waals surface area contributed by atoms with Gasteiger partial charge in [-0.1, -0.05) is 50.3 Å². The number of fused-ring (bicyclic) bond motifs is 1. The van der Waals surface area contributed by atoms with Gasteiger partial charge in [-0.2, -0.15) is 0 Å². The number of carbonyl (C=O) groups excluding carboxylic acids is 1. The van der Waals surface area contributed by atoms with Crippen LogP contribution in [0.3, 0.4) is 0 Å². The predicted octanol–water partition coefficient (Wildman–Crippen LogP) is 4.19. The highest BCUT2D eigenvalue weighted by molar-refractivity contribution is 5.69. The van der Waals surface area contributed by atoms with Crippen LogP contribution in [0.5, 0.6) is 0 Å². The van der Waals surface area contributed by atoms with E-state index in [1.165, 1.54) is 0 Å². The number of allylic oxidation sites excluding steroid dienone is 3. The molecule has 1 unspecified atom stereocenters. The lowest BCUT2D eigenvalue weighted by molar-refractivity contribution is -0.143. The van der Waals surface area contributed by atoms with Crippen molar-refractivity contribution in [3.8, 4) is 11.8 Å². The van der Waals surface area contributed by atoms with E-state index in [4.69, 9.17) is 4.74 Å². The Labute approximate surface area is 175 Å². The lowest BCUT2D eigenvalue weighted by Gasteiger charge is -2.25. The van der Waals surface area contributed by atoms with E-state index in [-0.39, 0.29) is 23.9 Å². The normalized spacial score (nSPS) is 28.9. The summed E-state index contributed by atoms with van der Waals surface area (Å²) in [4.78, 5) is 11.5. The Morgan fingerprint density at radius 2 is 2.17 bits per heavy atom. The van der Waals surface area contributed by atoms with Gasteiger partial charge in [0.25, 0.3) is 0 Å². The van der Waals surface area contributed by atoms with E-state index in [9.17, 15) is 15.0 Å². The largest absolute Gasteiger partial charge is 0.466 e. The van der Waals surface area contributed by atoms with E-state index in [1.54, 1.807) is 13.0 Å². The van der Waals surface area contributed by atoms with Crippen LogP contribution < -0.4 is 0 Å². The molecule has 2 N–H and O–H groups in total. The highest BCUT2D eigenvalue weighted by Gasteiger charge is 2.41. The van der Waals surface area contributed by atoms with Gasteiger partial charge in [0.1, 0.15) is 5.60 Å². The maximum atomic E-state index is 11.5. The third kappa shape index (κ3) is 7.17. The molecule has 4 heteroatoms. The topological polar surface area (TPSA) is 66.8 Å². The maximum Gasteiger partial charge on any atom is 0.306 e. The molecular weight excluding hydrogens is 364 g/mol. The Kier molecular flexibility index (Phi) is 9.20. The Hall–Kier alpha value is -1.83. The maximum absolute atomic E-state index is 11.5. The number of ether oxygens (including phenoxy) is 1. The number of esters is 1. The van der Waals surface area contributed by atoms with Gasteiger partial charge in [0.05, 0.1) is 12.7 Å². The number of hydrogen-bond acceptors (Lipinski definition) is 4. The van der Waals surface area contributed by atoms with Gasteiger partial charge in [0.2, 0.25) is 0 Å². The fourth-order valence-electron chi connectivity index (χ4n) is 4.43. The molecule has 2 aliphatic carbocycles. The lowest BCUT2D eigenvalue weighted by Crippen LogP contribution is -2.27. The summed E-state index contributed by atoms with van der Waals surface area (Å²) in [6, 6.07) is 0. The van der Waals surface area contributed by atoms with Gasteiger partial charge in [-0.25, -0.2) is 0 Å². The van der Waals surface area contributed by atoms with E-state index in [1.807, 2.05) is 32.1 Å². The standard InChI is InChI=1S/C25H36O4/c1-4-6-10-19(3)18-25(28,15-8-7-13-24(27)29-5-2)16-14-22-21-12-9-11-20(21)17-23(22)26/h8-9,11,14-16,19-23,26,28H,4-5,7,12-13,17-18H2,1-3H3/b15-8?,16-14-/t19?,20-,21+,22+,23-,25+/m1/s1. The second-order valence-electron chi connectivity index (χ2n) is 8.25. The Balaban J connectivity index is 2.07. The molecule has 0 radical (unpaired) electrons. The van der Waals surface area contributed by atoms with E-state index in [0.717, 1.165) is 19.3 Å². The van der Waals surface area contributed by atoms with Crippen molar-refractivity contribution in [1.82, 2.24) is 0 Å². The van der Waals surface area contributed by atoms with Gasteiger partial charge in [-0.3, -0.25) is 4.79 Å². The molecule has 2 aliphatic rings. The summed E-state index contributed by atoms with van der Waals surface area (Å²) in [5, 5.41) is 21.7. The van der Waals surface area contributed by atoms with Gasteiger partial charge in [0, 0.05) is 24.7 Å². The monoisotopic (exact) mass is 400 g/mol. The minimum absolute atomic E-state index is 0.0358. The molecule has 0 amide bonds. The highest BCUT2D eigenvalue weighted by atomic mass is 16.5. The first-order chi connectivity index (χ1) is 13.9. The third-order valence-corrected chi connectivity index (χ3v) is 5.79. The molecule has 29 heavy (non-hydrogen) atoms. The van der Waals surface area contributed by atoms with Crippen molar-refractivity contribution in [2.75, 3.05) is 6.61 Å². The Morgan fingerprint density at radius 3 is 2.90 bits per heavy atom. The molecule has 0 aromatic rings. The van der Waals surface area contributed by atoms with Crippen LogP contribution in [-0.2, 0) is 9.53 Å². The van der Waals surface area contributed by atoms with Crippen molar-refractivity contribution >= 4 is 5.97 Å². The van der Waals surface area contributed by atoms with Crippen LogP contribution in [-0.4, -0.2) is 34.5 Å². The summed E-state index contributed by atoms with van der Waals surface area (Å²) < 4.78 is 4.95. The minimum Gasteiger partial charge on any atom is -0.466 e.